The number of aromatic nitrogens is 1. The van der Waals surface area contributed by atoms with E-state index in [9.17, 15) is 0 Å². The third kappa shape index (κ3) is 4.04. The molecule has 0 saturated carbocycles. The molecule has 0 bridgehead atoms. The van der Waals surface area contributed by atoms with E-state index in [0.717, 1.165) is 18.8 Å². The van der Waals surface area contributed by atoms with Gasteiger partial charge in [0.05, 0.1) is 0 Å². The lowest BCUT2D eigenvalue weighted by atomic mass is 10.2. The van der Waals surface area contributed by atoms with Crippen LogP contribution in [-0.2, 0) is 6.54 Å². The number of hydrogen-bond acceptors (Lipinski definition) is 2. The minimum atomic E-state index is 0.962. The molecule has 0 atom stereocenters. The van der Waals surface area contributed by atoms with Gasteiger partial charge in [0, 0.05) is 18.4 Å². The average Bonchev–Trinajstić information content (AvgIpc) is 2.13. The summed E-state index contributed by atoms with van der Waals surface area (Å²) in [6.07, 6.45) is 4.37. The highest BCUT2D eigenvalue weighted by atomic mass is 14.8. The van der Waals surface area contributed by atoms with E-state index in [-0.39, 0.29) is 0 Å². The highest BCUT2D eigenvalue weighted by molar-refractivity contribution is 5.14. The first-order chi connectivity index (χ1) is 6.33. The zero-order valence-electron chi connectivity index (χ0n) is 8.51. The van der Waals surface area contributed by atoms with Gasteiger partial charge in [0.1, 0.15) is 0 Å². The molecule has 2 heteroatoms. The molecule has 2 nitrogen and oxygen atoms in total. The fraction of sp³-hybridized carbons (Fsp3) is 0.545. The summed E-state index contributed by atoms with van der Waals surface area (Å²) in [7, 11) is 0. The molecular formula is C11H18N2. The molecule has 1 rings (SSSR count). The van der Waals surface area contributed by atoms with E-state index < -0.39 is 0 Å². The summed E-state index contributed by atoms with van der Waals surface area (Å²) in [5, 5.41) is 3.40. The minimum absolute atomic E-state index is 0.962. The van der Waals surface area contributed by atoms with Crippen molar-refractivity contribution in [3.05, 3.63) is 29.6 Å². The van der Waals surface area contributed by atoms with Crippen LogP contribution >= 0.6 is 0 Å². The van der Waals surface area contributed by atoms with Crippen LogP contribution in [-0.4, -0.2) is 11.5 Å². The van der Waals surface area contributed by atoms with Crippen molar-refractivity contribution in [3.63, 3.8) is 0 Å². The van der Waals surface area contributed by atoms with Crippen LogP contribution in [0.5, 0.6) is 0 Å². The molecule has 0 aliphatic rings. The summed E-state index contributed by atoms with van der Waals surface area (Å²) >= 11 is 0. The van der Waals surface area contributed by atoms with Gasteiger partial charge >= 0.3 is 0 Å². The van der Waals surface area contributed by atoms with Gasteiger partial charge < -0.3 is 5.32 Å². The fourth-order valence-corrected chi connectivity index (χ4v) is 1.25. The zero-order chi connectivity index (χ0) is 9.52. The molecule has 1 heterocycles. The van der Waals surface area contributed by atoms with Crippen LogP contribution in [0, 0.1) is 6.92 Å². The predicted molar refractivity (Wildman–Crippen MR) is 55.6 cm³/mol. The second-order valence-corrected chi connectivity index (χ2v) is 3.34. The van der Waals surface area contributed by atoms with Crippen LogP contribution in [0.25, 0.3) is 0 Å². The Morgan fingerprint density at radius 3 is 3.00 bits per heavy atom. The predicted octanol–water partition coefficient (Wildman–Crippen LogP) is 2.28. The van der Waals surface area contributed by atoms with Crippen molar-refractivity contribution in [2.75, 3.05) is 6.54 Å². The minimum Gasteiger partial charge on any atom is -0.313 e. The van der Waals surface area contributed by atoms with Crippen LogP contribution in [0.4, 0.5) is 0 Å². The quantitative estimate of drug-likeness (QED) is 0.700. The summed E-state index contributed by atoms with van der Waals surface area (Å²) in [5.74, 6) is 0. The Kier molecular flexibility index (Phi) is 4.47. The van der Waals surface area contributed by atoms with E-state index in [4.69, 9.17) is 0 Å². The molecule has 1 N–H and O–H groups in total. The number of aryl methyl sites for hydroxylation is 1. The van der Waals surface area contributed by atoms with Gasteiger partial charge in [-0.25, -0.2) is 0 Å². The van der Waals surface area contributed by atoms with Gasteiger partial charge in [-0.15, -0.1) is 0 Å². The van der Waals surface area contributed by atoms with Gasteiger partial charge in [-0.1, -0.05) is 13.3 Å². The lowest BCUT2D eigenvalue weighted by molar-refractivity contribution is 0.641. The second-order valence-electron chi connectivity index (χ2n) is 3.34. The molecule has 0 unspecified atom stereocenters. The zero-order valence-corrected chi connectivity index (χ0v) is 8.51. The maximum absolute atomic E-state index is 4.16. The molecule has 0 amide bonds. The van der Waals surface area contributed by atoms with Gasteiger partial charge in [-0.05, 0) is 37.6 Å². The Hall–Kier alpha value is -0.890. The van der Waals surface area contributed by atoms with Gasteiger partial charge in [0.25, 0.3) is 0 Å². The Bertz CT molecular complexity index is 246. The van der Waals surface area contributed by atoms with E-state index in [0.29, 0.717) is 0 Å². The van der Waals surface area contributed by atoms with Crippen molar-refractivity contribution < 1.29 is 0 Å². The SMILES string of the molecule is CCCCNCc1ccnc(C)c1. The van der Waals surface area contributed by atoms with Gasteiger partial charge in [0.2, 0.25) is 0 Å². The summed E-state index contributed by atoms with van der Waals surface area (Å²) < 4.78 is 0. The number of pyridine rings is 1. The first kappa shape index (κ1) is 10.2. The number of unbranched alkanes of at least 4 members (excludes halogenated alkanes) is 1. The first-order valence-electron chi connectivity index (χ1n) is 4.95. The molecule has 0 fully saturated rings. The summed E-state index contributed by atoms with van der Waals surface area (Å²) in [4.78, 5) is 4.16. The molecule has 1 aromatic heterocycles. The summed E-state index contributed by atoms with van der Waals surface area (Å²) in [5.41, 5.74) is 2.42. The van der Waals surface area contributed by atoms with Gasteiger partial charge in [-0.2, -0.15) is 0 Å². The molecule has 1 aromatic rings. The number of nitrogens with zero attached hydrogens (tertiary/aromatic N) is 1. The summed E-state index contributed by atoms with van der Waals surface area (Å²) in [6.45, 7) is 6.30. The molecule has 0 aromatic carbocycles. The fourth-order valence-electron chi connectivity index (χ4n) is 1.25. The van der Waals surface area contributed by atoms with Crippen molar-refractivity contribution in [2.45, 2.75) is 33.2 Å². The largest absolute Gasteiger partial charge is 0.313 e. The van der Waals surface area contributed by atoms with Crippen molar-refractivity contribution >= 4 is 0 Å². The number of hydrogen-bond donors (Lipinski definition) is 1. The van der Waals surface area contributed by atoms with Crippen LogP contribution in [0.2, 0.25) is 0 Å². The number of rotatable bonds is 5. The monoisotopic (exact) mass is 178 g/mol. The summed E-state index contributed by atoms with van der Waals surface area (Å²) in [6, 6.07) is 4.19. The third-order valence-corrected chi connectivity index (χ3v) is 2.00. The van der Waals surface area contributed by atoms with Gasteiger partial charge in [-0.3, -0.25) is 4.98 Å². The van der Waals surface area contributed by atoms with E-state index in [1.165, 1.54) is 18.4 Å². The Morgan fingerprint density at radius 1 is 1.46 bits per heavy atom. The Balaban J connectivity index is 2.28. The van der Waals surface area contributed by atoms with Crippen LogP contribution in [0.3, 0.4) is 0 Å². The van der Waals surface area contributed by atoms with E-state index >= 15 is 0 Å². The van der Waals surface area contributed by atoms with E-state index in [1.54, 1.807) is 0 Å². The molecule has 0 saturated heterocycles. The maximum Gasteiger partial charge on any atom is 0.0375 e. The molecule has 0 aliphatic heterocycles. The van der Waals surface area contributed by atoms with E-state index in [2.05, 4.69) is 29.4 Å². The molecule has 72 valence electrons. The molecule has 0 radical (unpaired) electrons. The first-order valence-corrected chi connectivity index (χ1v) is 4.95. The topological polar surface area (TPSA) is 24.9 Å². The third-order valence-electron chi connectivity index (χ3n) is 2.00. The van der Waals surface area contributed by atoms with Crippen molar-refractivity contribution in [1.29, 1.82) is 0 Å². The maximum atomic E-state index is 4.16. The van der Waals surface area contributed by atoms with Gasteiger partial charge in [0.15, 0.2) is 0 Å². The Labute approximate surface area is 80.4 Å². The molecule has 0 aliphatic carbocycles. The van der Waals surface area contributed by atoms with Crippen molar-refractivity contribution in [2.24, 2.45) is 0 Å². The standard InChI is InChI=1S/C11H18N2/c1-3-4-6-12-9-11-5-7-13-10(2)8-11/h5,7-8,12H,3-4,6,9H2,1-2H3. The highest BCUT2D eigenvalue weighted by Crippen LogP contribution is 1.99. The normalized spacial score (nSPS) is 10.3. The Morgan fingerprint density at radius 2 is 2.31 bits per heavy atom. The highest BCUT2D eigenvalue weighted by Gasteiger charge is 1.92. The number of nitrogens with one attached hydrogen (secondary N) is 1. The van der Waals surface area contributed by atoms with Crippen LogP contribution in [0.15, 0.2) is 18.3 Å². The van der Waals surface area contributed by atoms with Crippen molar-refractivity contribution in [1.82, 2.24) is 10.3 Å². The molecular weight excluding hydrogens is 160 g/mol. The molecule has 0 spiro atoms. The van der Waals surface area contributed by atoms with E-state index in [1.807, 2.05) is 13.1 Å². The smallest absolute Gasteiger partial charge is 0.0375 e. The average molecular weight is 178 g/mol. The lowest BCUT2D eigenvalue weighted by Gasteiger charge is -2.03. The van der Waals surface area contributed by atoms with Crippen molar-refractivity contribution in [3.8, 4) is 0 Å². The second kappa shape index (κ2) is 5.70. The molecule has 13 heavy (non-hydrogen) atoms. The van der Waals surface area contributed by atoms with Crippen LogP contribution in [0.1, 0.15) is 31.0 Å². The van der Waals surface area contributed by atoms with Crippen LogP contribution < -0.4 is 5.32 Å². The lowest BCUT2D eigenvalue weighted by Crippen LogP contribution is -2.14.